The predicted octanol–water partition coefficient (Wildman–Crippen LogP) is 7.45. The Bertz CT molecular complexity index is 1710. The Morgan fingerprint density at radius 1 is 0.805 bits per heavy atom. The van der Waals surface area contributed by atoms with Gasteiger partial charge in [-0.3, -0.25) is 4.79 Å². The maximum absolute atomic E-state index is 13.2. The Hall–Kier alpha value is -5.30. The highest BCUT2D eigenvalue weighted by molar-refractivity contribution is 6.09. The first kappa shape index (κ1) is 27.3. The zero-order valence-corrected chi connectivity index (χ0v) is 22.9. The van der Waals surface area contributed by atoms with Crippen molar-refractivity contribution in [3.63, 3.8) is 0 Å². The lowest BCUT2D eigenvalue weighted by Gasteiger charge is -2.08. The Morgan fingerprint density at radius 3 is 2.27 bits per heavy atom. The van der Waals surface area contributed by atoms with Crippen LogP contribution in [0.25, 0.3) is 17.0 Å². The molecule has 0 aliphatic rings. The fourth-order valence-electron chi connectivity index (χ4n) is 4.35. The van der Waals surface area contributed by atoms with Gasteiger partial charge in [-0.2, -0.15) is 0 Å². The number of ketones is 1. The number of hydrogen-bond donors (Lipinski definition) is 0. The first-order valence-electron chi connectivity index (χ1n) is 12.9. The molecule has 0 aliphatic heterocycles. The van der Waals surface area contributed by atoms with Crippen molar-refractivity contribution in [1.29, 1.82) is 0 Å². The summed E-state index contributed by atoms with van der Waals surface area (Å²) < 4.78 is 27.9. The van der Waals surface area contributed by atoms with Crippen molar-refractivity contribution in [2.45, 2.75) is 13.5 Å². The van der Waals surface area contributed by atoms with Gasteiger partial charge in [-0.05, 0) is 66.6 Å². The van der Waals surface area contributed by atoms with E-state index >= 15 is 0 Å². The number of hydrogen-bond acceptors (Lipinski definition) is 7. The maximum Gasteiger partial charge on any atom is 0.347 e. The molecule has 1 aromatic heterocycles. The summed E-state index contributed by atoms with van der Waals surface area (Å²) in [4.78, 5) is 25.9. The number of ether oxygens (including phenoxy) is 4. The van der Waals surface area contributed by atoms with Crippen LogP contribution in [0, 0.1) is 6.92 Å². The molecule has 7 nitrogen and oxygen atoms in total. The van der Waals surface area contributed by atoms with E-state index in [1.807, 2.05) is 36.4 Å². The SMILES string of the molecule is COc1ccc(C(=O)/C=C/c2ccc(OC(=O)c3c(C)oc4ccc(OCc5ccccc5)cc34)cc2)c(OC)c1. The summed E-state index contributed by atoms with van der Waals surface area (Å²) in [6.07, 6.45) is 3.14. The molecule has 0 N–H and O–H groups in total. The van der Waals surface area contributed by atoms with Gasteiger partial charge >= 0.3 is 5.97 Å². The van der Waals surface area contributed by atoms with E-state index in [1.165, 1.54) is 13.2 Å². The first-order valence-corrected chi connectivity index (χ1v) is 12.9. The minimum absolute atomic E-state index is 0.213. The van der Waals surface area contributed by atoms with Crippen molar-refractivity contribution >= 4 is 28.8 Å². The molecule has 0 amide bonds. The Morgan fingerprint density at radius 2 is 1.54 bits per heavy atom. The van der Waals surface area contributed by atoms with Crippen LogP contribution in [0.15, 0.2) is 101 Å². The molecular weight excluding hydrogens is 520 g/mol. The van der Waals surface area contributed by atoms with E-state index in [0.29, 0.717) is 57.5 Å². The number of carbonyl (C=O) groups excluding carboxylic acids is 2. The van der Waals surface area contributed by atoms with Gasteiger partial charge in [-0.25, -0.2) is 4.79 Å². The molecule has 0 aliphatic carbocycles. The van der Waals surface area contributed by atoms with Crippen LogP contribution in [-0.4, -0.2) is 26.0 Å². The number of fused-ring (bicyclic) bond motifs is 1. The fourth-order valence-corrected chi connectivity index (χ4v) is 4.35. The summed E-state index contributed by atoms with van der Waals surface area (Å²) in [5, 5.41) is 0.616. The Labute approximate surface area is 237 Å². The van der Waals surface area contributed by atoms with Crippen LogP contribution in [0.5, 0.6) is 23.0 Å². The molecule has 206 valence electrons. The molecule has 0 saturated carbocycles. The van der Waals surface area contributed by atoms with Gasteiger partial charge in [-0.15, -0.1) is 0 Å². The van der Waals surface area contributed by atoms with Crippen LogP contribution in [-0.2, 0) is 6.61 Å². The van der Waals surface area contributed by atoms with Crippen LogP contribution in [0.1, 0.15) is 37.6 Å². The van der Waals surface area contributed by atoms with Crippen LogP contribution in [0.3, 0.4) is 0 Å². The maximum atomic E-state index is 13.2. The number of aryl methyl sites for hydroxylation is 1. The number of methoxy groups -OCH3 is 2. The molecule has 4 aromatic carbocycles. The second kappa shape index (κ2) is 12.3. The normalized spacial score (nSPS) is 11.0. The van der Waals surface area contributed by atoms with Gasteiger partial charge in [0, 0.05) is 11.5 Å². The average molecular weight is 549 g/mol. The van der Waals surface area contributed by atoms with E-state index in [1.54, 1.807) is 74.7 Å². The monoisotopic (exact) mass is 548 g/mol. The molecule has 0 bridgehead atoms. The van der Waals surface area contributed by atoms with Crippen molar-refractivity contribution in [1.82, 2.24) is 0 Å². The lowest BCUT2D eigenvalue weighted by Crippen LogP contribution is -2.09. The largest absolute Gasteiger partial charge is 0.497 e. The molecule has 0 fully saturated rings. The number of furan rings is 1. The number of benzene rings is 4. The van der Waals surface area contributed by atoms with E-state index in [0.717, 1.165) is 11.1 Å². The van der Waals surface area contributed by atoms with Crippen molar-refractivity contribution in [2.24, 2.45) is 0 Å². The van der Waals surface area contributed by atoms with Crippen molar-refractivity contribution in [2.75, 3.05) is 14.2 Å². The van der Waals surface area contributed by atoms with Gasteiger partial charge in [-0.1, -0.05) is 48.5 Å². The quantitative estimate of drug-likeness (QED) is 0.0775. The van der Waals surface area contributed by atoms with Crippen LogP contribution in [0.2, 0.25) is 0 Å². The van der Waals surface area contributed by atoms with E-state index < -0.39 is 5.97 Å². The number of rotatable bonds is 10. The fraction of sp³-hybridized carbons (Fsp3) is 0.118. The van der Waals surface area contributed by atoms with Crippen molar-refractivity contribution in [3.8, 4) is 23.0 Å². The van der Waals surface area contributed by atoms with Gasteiger partial charge in [0.2, 0.25) is 0 Å². The molecule has 0 radical (unpaired) electrons. The molecule has 41 heavy (non-hydrogen) atoms. The van der Waals surface area contributed by atoms with Crippen molar-refractivity contribution < 1.29 is 33.0 Å². The highest BCUT2D eigenvalue weighted by Crippen LogP contribution is 2.31. The highest BCUT2D eigenvalue weighted by atomic mass is 16.5. The van der Waals surface area contributed by atoms with Gasteiger partial charge < -0.3 is 23.4 Å². The molecule has 5 aromatic rings. The summed E-state index contributed by atoms with van der Waals surface area (Å²) in [6, 6.07) is 27.1. The van der Waals surface area contributed by atoms with Gasteiger partial charge in [0.15, 0.2) is 5.78 Å². The van der Waals surface area contributed by atoms with Crippen molar-refractivity contribution in [3.05, 3.63) is 125 Å². The lowest BCUT2D eigenvalue weighted by molar-refractivity contribution is 0.0734. The Kier molecular flexibility index (Phi) is 8.15. The lowest BCUT2D eigenvalue weighted by atomic mass is 10.1. The molecule has 7 heteroatoms. The second-order valence-electron chi connectivity index (χ2n) is 9.19. The first-order chi connectivity index (χ1) is 19.9. The van der Waals surface area contributed by atoms with Gasteiger partial charge in [0.1, 0.15) is 46.5 Å². The third kappa shape index (κ3) is 6.31. The molecular formula is C34H28O7. The number of carbonyl (C=O) groups is 2. The van der Waals surface area contributed by atoms with Crippen LogP contribution >= 0.6 is 0 Å². The topological polar surface area (TPSA) is 84.2 Å². The third-order valence-corrected chi connectivity index (χ3v) is 6.48. The van der Waals surface area contributed by atoms with E-state index in [2.05, 4.69) is 0 Å². The number of allylic oxidation sites excluding steroid dienone is 1. The molecule has 0 saturated heterocycles. The predicted molar refractivity (Wildman–Crippen MR) is 156 cm³/mol. The molecule has 1 heterocycles. The molecule has 5 rings (SSSR count). The standard InChI is InChI=1S/C34H28O7/c1-22-33(29-19-27(15-18-31(29)40-22)39-21-24-7-5-4-6-8-24)34(36)41-25-12-9-23(10-13-25)11-17-30(35)28-16-14-26(37-2)20-32(28)38-3/h4-20H,21H2,1-3H3/b17-11+. The van der Waals surface area contributed by atoms with E-state index in [-0.39, 0.29) is 5.78 Å². The Balaban J connectivity index is 1.27. The molecule has 0 unspecified atom stereocenters. The minimum atomic E-state index is -0.536. The zero-order chi connectivity index (χ0) is 28.8. The molecule has 0 spiro atoms. The highest BCUT2D eigenvalue weighted by Gasteiger charge is 2.21. The van der Waals surface area contributed by atoms with Gasteiger partial charge in [0.05, 0.1) is 19.8 Å². The third-order valence-electron chi connectivity index (χ3n) is 6.48. The van der Waals surface area contributed by atoms with E-state index in [9.17, 15) is 9.59 Å². The molecule has 0 atom stereocenters. The summed E-state index contributed by atoms with van der Waals surface area (Å²) in [5.74, 6) is 1.72. The second-order valence-corrected chi connectivity index (χ2v) is 9.19. The summed E-state index contributed by atoms with van der Waals surface area (Å²) in [6.45, 7) is 2.13. The zero-order valence-electron chi connectivity index (χ0n) is 22.9. The number of esters is 1. The van der Waals surface area contributed by atoms with Crippen LogP contribution in [0.4, 0.5) is 0 Å². The van der Waals surface area contributed by atoms with E-state index in [4.69, 9.17) is 23.4 Å². The summed E-state index contributed by atoms with van der Waals surface area (Å²) in [7, 11) is 3.05. The summed E-state index contributed by atoms with van der Waals surface area (Å²) >= 11 is 0. The average Bonchev–Trinajstić information content (AvgIpc) is 3.34. The van der Waals surface area contributed by atoms with Crippen LogP contribution < -0.4 is 18.9 Å². The minimum Gasteiger partial charge on any atom is -0.497 e. The summed E-state index contributed by atoms with van der Waals surface area (Å²) in [5.41, 5.74) is 3.13. The van der Waals surface area contributed by atoms with Gasteiger partial charge in [0.25, 0.3) is 0 Å². The smallest absolute Gasteiger partial charge is 0.347 e.